The van der Waals surface area contributed by atoms with Gasteiger partial charge in [0.2, 0.25) is 0 Å². The standard InChI is InChI=1S/C10H4F5N3/c11-9(12)6-4-18-7(1-2-16)8(5(6)3-17)10(13,14)15/h4,9H,1H2. The molecule has 0 amide bonds. The Morgan fingerprint density at radius 2 is 1.89 bits per heavy atom. The zero-order chi connectivity index (χ0) is 13.9. The highest BCUT2D eigenvalue weighted by Gasteiger charge is 2.39. The molecule has 3 nitrogen and oxygen atoms in total. The summed E-state index contributed by atoms with van der Waals surface area (Å²) in [6, 6.07) is 2.54. The molecule has 0 atom stereocenters. The van der Waals surface area contributed by atoms with Crippen LogP contribution in [0, 0.1) is 22.7 Å². The molecule has 1 heterocycles. The van der Waals surface area contributed by atoms with E-state index >= 15 is 0 Å². The highest BCUT2D eigenvalue weighted by atomic mass is 19.4. The fourth-order valence-electron chi connectivity index (χ4n) is 1.37. The molecule has 0 aromatic carbocycles. The number of nitrogens with zero attached hydrogens (tertiary/aromatic N) is 3. The normalized spacial score (nSPS) is 11.1. The van der Waals surface area contributed by atoms with E-state index in [2.05, 4.69) is 4.98 Å². The van der Waals surface area contributed by atoms with Gasteiger partial charge in [-0.2, -0.15) is 23.7 Å². The second-order valence-corrected chi connectivity index (χ2v) is 3.16. The Bertz CT molecular complexity index is 536. The SMILES string of the molecule is N#CCc1ncc(C(F)F)c(C#N)c1C(F)(F)F. The van der Waals surface area contributed by atoms with Gasteiger partial charge in [0.15, 0.2) is 0 Å². The van der Waals surface area contributed by atoms with Crippen LogP contribution < -0.4 is 0 Å². The number of pyridine rings is 1. The van der Waals surface area contributed by atoms with Crippen LogP contribution in [0.1, 0.15) is 28.8 Å². The first-order valence-electron chi connectivity index (χ1n) is 4.47. The Morgan fingerprint density at radius 1 is 1.28 bits per heavy atom. The Kier molecular flexibility index (Phi) is 3.82. The quantitative estimate of drug-likeness (QED) is 0.769. The van der Waals surface area contributed by atoms with Crippen molar-refractivity contribution in [1.29, 1.82) is 10.5 Å². The lowest BCUT2D eigenvalue weighted by atomic mass is 10.0. The summed E-state index contributed by atoms with van der Waals surface area (Å²) in [5.74, 6) is 0. The average Bonchev–Trinajstić information content (AvgIpc) is 2.26. The molecule has 1 aromatic heterocycles. The third-order valence-corrected chi connectivity index (χ3v) is 2.06. The highest BCUT2D eigenvalue weighted by Crippen LogP contribution is 2.37. The molecule has 0 saturated carbocycles. The van der Waals surface area contributed by atoms with Gasteiger partial charge in [-0.05, 0) is 0 Å². The Labute approximate surface area is 98.1 Å². The maximum atomic E-state index is 12.7. The van der Waals surface area contributed by atoms with Crippen molar-refractivity contribution in [2.45, 2.75) is 19.0 Å². The Hall–Kier alpha value is -2.22. The summed E-state index contributed by atoms with van der Waals surface area (Å²) in [4.78, 5) is 3.19. The molecule has 0 unspecified atom stereocenters. The molecule has 1 aromatic rings. The van der Waals surface area contributed by atoms with E-state index in [-0.39, 0.29) is 0 Å². The molecule has 8 heteroatoms. The maximum absolute atomic E-state index is 12.7. The van der Waals surface area contributed by atoms with Gasteiger partial charge in [-0.1, -0.05) is 0 Å². The van der Waals surface area contributed by atoms with Crippen LogP contribution in [-0.2, 0) is 12.6 Å². The molecule has 0 aliphatic rings. The van der Waals surface area contributed by atoms with Crippen LogP contribution in [0.25, 0.3) is 0 Å². The lowest BCUT2D eigenvalue weighted by molar-refractivity contribution is -0.138. The van der Waals surface area contributed by atoms with E-state index in [9.17, 15) is 22.0 Å². The third kappa shape index (κ3) is 2.54. The van der Waals surface area contributed by atoms with Crippen molar-refractivity contribution in [2.75, 3.05) is 0 Å². The molecular formula is C10H4F5N3. The van der Waals surface area contributed by atoms with Gasteiger partial charge in [-0.15, -0.1) is 0 Å². The second kappa shape index (κ2) is 4.96. The van der Waals surface area contributed by atoms with Crippen LogP contribution in [0.15, 0.2) is 6.20 Å². The summed E-state index contributed by atoms with van der Waals surface area (Å²) in [5, 5.41) is 17.0. The zero-order valence-electron chi connectivity index (χ0n) is 8.59. The number of rotatable bonds is 2. The lowest BCUT2D eigenvalue weighted by Crippen LogP contribution is -2.15. The molecule has 0 N–H and O–H groups in total. The van der Waals surface area contributed by atoms with E-state index in [1.807, 2.05) is 0 Å². The summed E-state index contributed by atoms with van der Waals surface area (Å²) in [7, 11) is 0. The minimum atomic E-state index is -5.02. The first-order chi connectivity index (χ1) is 8.32. The molecule has 18 heavy (non-hydrogen) atoms. The Balaban J connectivity index is 3.64. The van der Waals surface area contributed by atoms with Crippen molar-refractivity contribution in [2.24, 2.45) is 0 Å². The molecule has 0 spiro atoms. The number of halogens is 5. The van der Waals surface area contributed by atoms with E-state index < -0.39 is 41.4 Å². The maximum Gasteiger partial charge on any atom is 0.419 e. The minimum absolute atomic E-state index is 0.491. The monoisotopic (exact) mass is 261 g/mol. The van der Waals surface area contributed by atoms with E-state index in [0.29, 0.717) is 6.20 Å². The van der Waals surface area contributed by atoms with Crippen LogP contribution >= 0.6 is 0 Å². The average molecular weight is 261 g/mol. The molecule has 0 fully saturated rings. The fourth-order valence-corrected chi connectivity index (χ4v) is 1.37. The van der Waals surface area contributed by atoms with Crippen molar-refractivity contribution in [3.63, 3.8) is 0 Å². The summed E-state index contributed by atoms with van der Waals surface area (Å²) in [5.41, 5.74) is -4.57. The summed E-state index contributed by atoms with van der Waals surface area (Å²) in [6.07, 6.45) is -8.49. The van der Waals surface area contributed by atoms with E-state index in [0.717, 1.165) is 6.07 Å². The third-order valence-electron chi connectivity index (χ3n) is 2.06. The van der Waals surface area contributed by atoms with Crippen molar-refractivity contribution >= 4 is 0 Å². The molecule has 94 valence electrons. The second-order valence-electron chi connectivity index (χ2n) is 3.16. The highest BCUT2D eigenvalue weighted by molar-refractivity contribution is 5.48. The number of hydrogen-bond donors (Lipinski definition) is 0. The number of alkyl halides is 5. The van der Waals surface area contributed by atoms with Gasteiger partial charge < -0.3 is 0 Å². The van der Waals surface area contributed by atoms with Crippen LogP contribution in [0.3, 0.4) is 0 Å². The molecule has 1 rings (SSSR count). The minimum Gasteiger partial charge on any atom is -0.259 e. The molecule has 0 bridgehead atoms. The lowest BCUT2D eigenvalue weighted by Gasteiger charge is -2.14. The van der Waals surface area contributed by atoms with E-state index in [4.69, 9.17) is 10.5 Å². The van der Waals surface area contributed by atoms with Crippen LogP contribution in [-0.4, -0.2) is 4.98 Å². The van der Waals surface area contributed by atoms with Crippen molar-refractivity contribution in [3.05, 3.63) is 28.6 Å². The molecule has 0 aliphatic heterocycles. The summed E-state index contributed by atoms with van der Waals surface area (Å²) < 4.78 is 63.1. The molecule has 0 saturated heterocycles. The van der Waals surface area contributed by atoms with Gasteiger partial charge in [0, 0.05) is 6.20 Å². The first kappa shape index (κ1) is 13.8. The molecule has 0 aliphatic carbocycles. The van der Waals surface area contributed by atoms with Crippen molar-refractivity contribution in [3.8, 4) is 12.1 Å². The number of hydrogen-bond acceptors (Lipinski definition) is 3. The fraction of sp³-hybridized carbons (Fsp3) is 0.300. The van der Waals surface area contributed by atoms with Gasteiger partial charge in [0.05, 0.1) is 34.9 Å². The predicted octanol–water partition coefficient (Wildman–Crippen LogP) is 2.98. The van der Waals surface area contributed by atoms with Gasteiger partial charge >= 0.3 is 6.18 Å². The van der Waals surface area contributed by atoms with Crippen molar-refractivity contribution < 1.29 is 22.0 Å². The summed E-state index contributed by atoms with van der Waals surface area (Å²) >= 11 is 0. The number of nitriles is 2. The topological polar surface area (TPSA) is 60.5 Å². The van der Waals surface area contributed by atoms with Gasteiger partial charge in [-0.25, -0.2) is 8.78 Å². The number of aromatic nitrogens is 1. The van der Waals surface area contributed by atoms with E-state index in [1.165, 1.54) is 6.07 Å². The van der Waals surface area contributed by atoms with Crippen LogP contribution in [0.4, 0.5) is 22.0 Å². The summed E-state index contributed by atoms with van der Waals surface area (Å²) in [6.45, 7) is 0. The first-order valence-corrected chi connectivity index (χ1v) is 4.47. The van der Waals surface area contributed by atoms with E-state index in [1.54, 1.807) is 0 Å². The zero-order valence-corrected chi connectivity index (χ0v) is 8.59. The van der Waals surface area contributed by atoms with Gasteiger partial charge in [-0.3, -0.25) is 4.98 Å². The predicted molar refractivity (Wildman–Crippen MR) is 48.2 cm³/mol. The van der Waals surface area contributed by atoms with Crippen LogP contribution in [0.2, 0.25) is 0 Å². The van der Waals surface area contributed by atoms with Gasteiger partial charge in [0.1, 0.15) is 6.07 Å². The van der Waals surface area contributed by atoms with Crippen molar-refractivity contribution in [1.82, 2.24) is 4.98 Å². The Morgan fingerprint density at radius 3 is 2.28 bits per heavy atom. The van der Waals surface area contributed by atoms with Gasteiger partial charge in [0.25, 0.3) is 6.43 Å². The molecular weight excluding hydrogens is 257 g/mol. The smallest absolute Gasteiger partial charge is 0.259 e. The molecule has 0 radical (unpaired) electrons. The largest absolute Gasteiger partial charge is 0.419 e. The van der Waals surface area contributed by atoms with Crippen LogP contribution in [0.5, 0.6) is 0 Å².